The number of nitrogens with zero attached hydrogens (tertiary/aromatic N) is 3. The maximum atomic E-state index is 12.1. The SMILES string of the molecule is CCCC(C)(N)C(=O)NCc1nncn1-c1ccccc1. The molecule has 1 aromatic heterocycles. The Bertz CT molecular complexity index is 591. The number of para-hydroxylation sites is 1. The van der Waals surface area contributed by atoms with Crippen LogP contribution in [-0.4, -0.2) is 26.2 Å². The van der Waals surface area contributed by atoms with E-state index in [0.717, 1.165) is 12.1 Å². The third kappa shape index (κ3) is 3.66. The maximum absolute atomic E-state index is 12.1. The van der Waals surface area contributed by atoms with Crippen LogP contribution in [0, 0.1) is 0 Å². The van der Waals surface area contributed by atoms with Crippen LogP contribution in [0.15, 0.2) is 36.7 Å². The van der Waals surface area contributed by atoms with Crippen LogP contribution in [0.3, 0.4) is 0 Å². The number of aromatic nitrogens is 3. The van der Waals surface area contributed by atoms with Crippen LogP contribution in [0.2, 0.25) is 0 Å². The number of carbonyl (C=O) groups excluding carboxylic acids is 1. The summed E-state index contributed by atoms with van der Waals surface area (Å²) in [4.78, 5) is 12.1. The van der Waals surface area contributed by atoms with Crippen LogP contribution in [0.1, 0.15) is 32.5 Å². The van der Waals surface area contributed by atoms with Gasteiger partial charge in [-0.1, -0.05) is 31.5 Å². The van der Waals surface area contributed by atoms with Crippen molar-refractivity contribution < 1.29 is 4.79 Å². The Morgan fingerprint density at radius 2 is 2.10 bits per heavy atom. The van der Waals surface area contributed by atoms with Gasteiger partial charge in [0.25, 0.3) is 0 Å². The van der Waals surface area contributed by atoms with Crippen LogP contribution in [-0.2, 0) is 11.3 Å². The quantitative estimate of drug-likeness (QED) is 0.841. The minimum absolute atomic E-state index is 0.174. The van der Waals surface area contributed by atoms with Crippen LogP contribution in [0.25, 0.3) is 5.69 Å². The summed E-state index contributed by atoms with van der Waals surface area (Å²) in [5.74, 6) is 0.494. The summed E-state index contributed by atoms with van der Waals surface area (Å²) in [7, 11) is 0. The van der Waals surface area contributed by atoms with E-state index in [4.69, 9.17) is 5.73 Å². The van der Waals surface area contributed by atoms with Gasteiger partial charge in [-0.05, 0) is 25.5 Å². The molecule has 1 atom stereocenters. The van der Waals surface area contributed by atoms with Gasteiger partial charge < -0.3 is 11.1 Å². The molecule has 6 heteroatoms. The first-order valence-electron chi connectivity index (χ1n) is 7.06. The van der Waals surface area contributed by atoms with Gasteiger partial charge in [0, 0.05) is 5.69 Å². The lowest BCUT2D eigenvalue weighted by Crippen LogP contribution is -2.51. The fourth-order valence-corrected chi connectivity index (χ4v) is 2.18. The average Bonchev–Trinajstić information content (AvgIpc) is 2.94. The fourth-order valence-electron chi connectivity index (χ4n) is 2.18. The molecule has 0 aliphatic heterocycles. The van der Waals surface area contributed by atoms with Gasteiger partial charge >= 0.3 is 0 Å². The Morgan fingerprint density at radius 3 is 2.76 bits per heavy atom. The molecule has 21 heavy (non-hydrogen) atoms. The molecule has 0 aliphatic rings. The van der Waals surface area contributed by atoms with E-state index in [-0.39, 0.29) is 5.91 Å². The van der Waals surface area contributed by atoms with E-state index in [1.165, 1.54) is 0 Å². The van der Waals surface area contributed by atoms with Crippen LogP contribution < -0.4 is 11.1 Å². The first kappa shape index (κ1) is 15.2. The molecule has 2 aromatic rings. The number of hydrogen-bond donors (Lipinski definition) is 2. The summed E-state index contributed by atoms with van der Waals surface area (Å²) < 4.78 is 1.84. The van der Waals surface area contributed by atoms with Gasteiger partial charge in [0.2, 0.25) is 5.91 Å². The molecule has 1 amide bonds. The van der Waals surface area contributed by atoms with E-state index < -0.39 is 5.54 Å². The molecule has 1 aromatic carbocycles. The summed E-state index contributed by atoms with van der Waals surface area (Å²) in [5.41, 5.74) is 6.10. The number of carbonyl (C=O) groups is 1. The number of rotatable bonds is 6. The topological polar surface area (TPSA) is 85.8 Å². The fraction of sp³-hybridized carbons (Fsp3) is 0.400. The molecular weight excluding hydrogens is 266 g/mol. The van der Waals surface area contributed by atoms with Crippen molar-refractivity contribution >= 4 is 5.91 Å². The standard InChI is InChI=1S/C15H21N5O/c1-3-9-15(2,16)14(21)17-10-13-19-18-11-20(13)12-7-5-4-6-8-12/h4-8,11H,3,9-10,16H2,1-2H3,(H,17,21). The minimum atomic E-state index is -0.855. The lowest BCUT2D eigenvalue weighted by molar-refractivity contribution is -0.126. The van der Waals surface area contributed by atoms with Crippen molar-refractivity contribution in [1.29, 1.82) is 0 Å². The molecule has 1 heterocycles. The Balaban J connectivity index is 2.06. The van der Waals surface area contributed by atoms with E-state index >= 15 is 0 Å². The lowest BCUT2D eigenvalue weighted by atomic mass is 9.96. The number of amides is 1. The molecule has 0 bridgehead atoms. The van der Waals surface area contributed by atoms with E-state index in [9.17, 15) is 4.79 Å². The van der Waals surface area contributed by atoms with Crippen molar-refractivity contribution in [2.24, 2.45) is 5.73 Å². The first-order valence-corrected chi connectivity index (χ1v) is 7.06. The monoisotopic (exact) mass is 287 g/mol. The molecule has 0 fully saturated rings. The predicted molar refractivity (Wildman–Crippen MR) is 80.7 cm³/mol. The Hall–Kier alpha value is -2.21. The lowest BCUT2D eigenvalue weighted by Gasteiger charge is -2.22. The smallest absolute Gasteiger partial charge is 0.240 e. The number of benzene rings is 1. The van der Waals surface area contributed by atoms with Gasteiger partial charge in [-0.25, -0.2) is 0 Å². The zero-order valence-electron chi connectivity index (χ0n) is 12.4. The second-order valence-corrected chi connectivity index (χ2v) is 5.30. The third-order valence-electron chi connectivity index (χ3n) is 3.35. The summed E-state index contributed by atoms with van der Waals surface area (Å²) in [6.07, 6.45) is 3.13. The number of hydrogen-bond acceptors (Lipinski definition) is 4. The molecular formula is C15H21N5O. The highest BCUT2D eigenvalue weighted by Gasteiger charge is 2.27. The number of nitrogens with one attached hydrogen (secondary N) is 1. The zero-order valence-corrected chi connectivity index (χ0v) is 12.4. The van der Waals surface area contributed by atoms with Gasteiger partial charge in [-0.15, -0.1) is 10.2 Å². The highest BCUT2D eigenvalue weighted by Crippen LogP contribution is 2.11. The van der Waals surface area contributed by atoms with Crippen molar-refractivity contribution in [2.45, 2.75) is 38.8 Å². The molecule has 6 nitrogen and oxygen atoms in total. The molecule has 1 unspecified atom stereocenters. The van der Waals surface area contributed by atoms with Gasteiger partial charge in [0.15, 0.2) is 5.82 Å². The normalized spacial score (nSPS) is 13.7. The van der Waals surface area contributed by atoms with E-state index in [1.54, 1.807) is 13.3 Å². The Morgan fingerprint density at radius 1 is 1.38 bits per heavy atom. The molecule has 0 radical (unpaired) electrons. The average molecular weight is 287 g/mol. The largest absolute Gasteiger partial charge is 0.347 e. The predicted octanol–water partition coefficient (Wildman–Crippen LogP) is 1.40. The van der Waals surface area contributed by atoms with Crippen LogP contribution >= 0.6 is 0 Å². The summed E-state index contributed by atoms with van der Waals surface area (Å²) in [6, 6.07) is 9.74. The molecule has 112 valence electrons. The molecule has 0 aliphatic carbocycles. The second kappa shape index (κ2) is 6.49. The van der Waals surface area contributed by atoms with Gasteiger partial charge in [-0.3, -0.25) is 9.36 Å². The van der Waals surface area contributed by atoms with E-state index in [0.29, 0.717) is 18.8 Å². The highest BCUT2D eigenvalue weighted by molar-refractivity contribution is 5.85. The van der Waals surface area contributed by atoms with Crippen molar-refractivity contribution in [1.82, 2.24) is 20.1 Å². The van der Waals surface area contributed by atoms with Crippen LogP contribution in [0.4, 0.5) is 0 Å². The highest BCUT2D eigenvalue weighted by atomic mass is 16.2. The van der Waals surface area contributed by atoms with Gasteiger partial charge in [0.05, 0.1) is 12.1 Å². The van der Waals surface area contributed by atoms with Crippen molar-refractivity contribution in [2.75, 3.05) is 0 Å². The van der Waals surface area contributed by atoms with Gasteiger partial charge in [0.1, 0.15) is 6.33 Å². The van der Waals surface area contributed by atoms with Crippen molar-refractivity contribution in [3.8, 4) is 5.69 Å². The zero-order chi connectivity index (χ0) is 15.3. The summed E-state index contributed by atoms with van der Waals surface area (Å²) >= 11 is 0. The first-order chi connectivity index (χ1) is 10.0. The van der Waals surface area contributed by atoms with Crippen LogP contribution in [0.5, 0.6) is 0 Å². The van der Waals surface area contributed by atoms with E-state index in [1.807, 2.05) is 41.8 Å². The van der Waals surface area contributed by atoms with Crippen molar-refractivity contribution in [3.63, 3.8) is 0 Å². The molecule has 0 saturated heterocycles. The molecule has 2 rings (SSSR count). The van der Waals surface area contributed by atoms with Gasteiger partial charge in [-0.2, -0.15) is 0 Å². The molecule has 0 spiro atoms. The second-order valence-electron chi connectivity index (χ2n) is 5.30. The maximum Gasteiger partial charge on any atom is 0.240 e. The minimum Gasteiger partial charge on any atom is -0.347 e. The summed E-state index contributed by atoms with van der Waals surface area (Å²) in [6.45, 7) is 4.04. The van der Waals surface area contributed by atoms with E-state index in [2.05, 4.69) is 15.5 Å². The third-order valence-corrected chi connectivity index (χ3v) is 3.35. The number of nitrogens with two attached hydrogens (primary N) is 1. The Kier molecular flexibility index (Phi) is 4.70. The Labute approximate surface area is 124 Å². The van der Waals surface area contributed by atoms with Crippen molar-refractivity contribution in [3.05, 3.63) is 42.5 Å². The summed E-state index contributed by atoms with van der Waals surface area (Å²) in [5, 5.41) is 10.8. The molecule has 3 N–H and O–H groups in total. The molecule has 0 saturated carbocycles.